The topological polar surface area (TPSA) is 79.7 Å². The Morgan fingerprint density at radius 3 is 2.44 bits per heavy atom. The summed E-state index contributed by atoms with van der Waals surface area (Å²) in [6.07, 6.45) is 0.590. The fourth-order valence-corrected chi connectivity index (χ4v) is 4.12. The van der Waals surface area contributed by atoms with Crippen molar-refractivity contribution in [2.45, 2.75) is 25.0 Å². The maximum atomic E-state index is 13.4. The molecule has 2 atom stereocenters. The standard InChI is InChI=1S/C24H20Cl2N2O4/c1-15(29)22(30)14-32-28-23(31)20-4-2-3-5-21(20)24(28,16-6-8-17(25)9-7-16)12-19-11-10-18(26)13-27-19/h2-11,13,15,29H,12,14H2,1H3/t15?,24-/m1/s1. The van der Waals surface area contributed by atoms with Crippen LogP contribution < -0.4 is 0 Å². The number of hydroxylamine groups is 2. The predicted octanol–water partition coefficient (Wildman–Crippen LogP) is 4.21. The molecule has 32 heavy (non-hydrogen) atoms. The van der Waals surface area contributed by atoms with Gasteiger partial charge in [0.2, 0.25) is 0 Å². The summed E-state index contributed by atoms with van der Waals surface area (Å²) < 4.78 is 0. The van der Waals surface area contributed by atoms with Gasteiger partial charge in [-0.1, -0.05) is 53.5 Å². The summed E-state index contributed by atoms with van der Waals surface area (Å²) in [5, 5.41) is 11.9. The maximum Gasteiger partial charge on any atom is 0.279 e. The number of hydrogen-bond donors (Lipinski definition) is 1. The molecule has 0 bridgehead atoms. The lowest BCUT2D eigenvalue weighted by Crippen LogP contribution is -2.47. The van der Waals surface area contributed by atoms with E-state index in [-0.39, 0.29) is 12.3 Å². The van der Waals surface area contributed by atoms with Crippen LogP contribution in [-0.4, -0.2) is 39.6 Å². The molecule has 1 aromatic heterocycles. The zero-order valence-electron chi connectivity index (χ0n) is 17.2. The van der Waals surface area contributed by atoms with Crippen molar-refractivity contribution in [2.75, 3.05) is 6.61 Å². The van der Waals surface area contributed by atoms with E-state index >= 15 is 0 Å². The van der Waals surface area contributed by atoms with Gasteiger partial charge in [0.15, 0.2) is 5.78 Å². The summed E-state index contributed by atoms with van der Waals surface area (Å²) in [5.41, 5.74) is 1.47. The van der Waals surface area contributed by atoms with Crippen molar-refractivity contribution in [1.29, 1.82) is 0 Å². The predicted molar refractivity (Wildman–Crippen MR) is 120 cm³/mol. The Balaban J connectivity index is 1.89. The molecule has 4 rings (SSSR count). The summed E-state index contributed by atoms with van der Waals surface area (Å²) in [7, 11) is 0. The highest BCUT2D eigenvalue weighted by atomic mass is 35.5. The van der Waals surface area contributed by atoms with Gasteiger partial charge in [-0.3, -0.25) is 19.4 Å². The molecule has 8 heteroatoms. The van der Waals surface area contributed by atoms with Crippen molar-refractivity contribution in [3.63, 3.8) is 0 Å². The van der Waals surface area contributed by atoms with Crippen molar-refractivity contribution in [3.05, 3.63) is 99.3 Å². The number of aromatic nitrogens is 1. The molecule has 3 aromatic rings. The second-order valence-corrected chi connectivity index (χ2v) is 8.45. The van der Waals surface area contributed by atoms with Gasteiger partial charge in [0.1, 0.15) is 18.2 Å². The third-order valence-electron chi connectivity index (χ3n) is 5.48. The van der Waals surface area contributed by atoms with Gasteiger partial charge in [-0.15, -0.1) is 0 Å². The van der Waals surface area contributed by atoms with E-state index in [1.807, 2.05) is 24.3 Å². The summed E-state index contributed by atoms with van der Waals surface area (Å²) in [5.74, 6) is -0.925. The molecule has 2 aromatic carbocycles. The van der Waals surface area contributed by atoms with E-state index < -0.39 is 24.0 Å². The first-order chi connectivity index (χ1) is 15.3. The maximum absolute atomic E-state index is 13.4. The molecule has 0 radical (unpaired) electrons. The number of pyridine rings is 1. The van der Waals surface area contributed by atoms with Crippen LogP contribution in [0.3, 0.4) is 0 Å². The van der Waals surface area contributed by atoms with E-state index in [4.69, 9.17) is 28.0 Å². The molecule has 0 spiro atoms. The molecule has 1 N–H and O–H groups in total. The number of carbonyl (C=O) groups is 2. The molecular formula is C24H20Cl2N2O4. The number of rotatable bonds is 7. The van der Waals surface area contributed by atoms with Crippen LogP contribution in [-0.2, 0) is 21.6 Å². The minimum absolute atomic E-state index is 0.261. The third kappa shape index (κ3) is 4.02. The highest BCUT2D eigenvalue weighted by molar-refractivity contribution is 6.30. The Morgan fingerprint density at radius 2 is 1.78 bits per heavy atom. The molecule has 0 saturated heterocycles. The normalized spacial score (nSPS) is 18.5. The van der Waals surface area contributed by atoms with Crippen molar-refractivity contribution in [1.82, 2.24) is 10.0 Å². The molecule has 0 saturated carbocycles. The van der Waals surface area contributed by atoms with Crippen molar-refractivity contribution < 1.29 is 19.5 Å². The second-order valence-electron chi connectivity index (χ2n) is 7.57. The van der Waals surface area contributed by atoms with Gasteiger partial charge in [-0.25, -0.2) is 5.06 Å². The van der Waals surface area contributed by atoms with Gasteiger partial charge < -0.3 is 5.11 Å². The first-order valence-electron chi connectivity index (χ1n) is 9.97. The summed E-state index contributed by atoms with van der Waals surface area (Å²) in [4.78, 5) is 35.8. The van der Waals surface area contributed by atoms with E-state index in [1.165, 1.54) is 18.2 Å². The number of halogens is 2. The molecule has 1 unspecified atom stereocenters. The number of amides is 1. The second kappa shape index (κ2) is 9.00. The number of carbonyl (C=O) groups excluding carboxylic acids is 2. The molecule has 0 aliphatic carbocycles. The van der Waals surface area contributed by atoms with Crippen LogP contribution in [0.5, 0.6) is 0 Å². The van der Waals surface area contributed by atoms with Crippen LogP contribution >= 0.6 is 23.2 Å². The van der Waals surface area contributed by atoms with Crippen molar-refractivity contribution in [2.24, 2.45) is 0 Å². The number of aliphatic hydroxyl groups excluding tert-OH is 1. The zero-order chi connectivity index (χ0) is 22.9. The van der Waals surface area contributed by atoms with E-state index in [0.29, 0.717) is 26.9 Å². The third-order valence-corrected chi connectivity index (χ3v) is 5.96. The lowest BCUT2D eigenvalue weighted by Gasteiger charge is -2.38. The summed E-state index contributed by atoms with van der Waals surface area (Å²) in [6.45, 7) is 0.900. The van der Waals surface area contributed by atoms with Crippen molar-refractivity contribution in [3.8, 4) is 0 Å². The molecule has 1 aliphatic rings. The number of aliphatic hydroxyl groups is 1. The van der Waals surface area contributed by atoms with Crippen LogP contribution in [0, 0.1) is 0 Å². The Morgan fingerprint density at radius 1 is 1.09 bits per heavy atom. The smallest absolute Gasteiger partial charge is 0.279 e. The highest BCUT2D eigenvalue weighted by Gasteiger charge is 2.52. The number of nitrogens with zero attached hydrogens (tertiary/aromatic N) is 2. The molecule has 0 fully saturated rings. The molecule has 6 nitrogen and oxygen atoms in total. The largest absolute Gasteiger partial charge is 0.386 e. The summed E-state index contributed by atoms with van der Waals surface area (Å²) >= 11 is 12.1. The lowest BCUT2D eigenvalue weighted by molar-refractivity contribution is -0.179. The van der Waals surface area contributed by atoms with Gasteiger partial charge in [0, 0.05) is 28.9 Å². The van der Waals surface area contributed by atoms with Crippen LogP contribution in [0.2, 0.25) is 10.0 Å². The summed E-state index contributed by atoms with van der Waals surface area (Å²) in [6, 6.07) is 17.8. The molecule has 1 amide bonds. The van der Waals surface area contributed by atoms with Gasteiger partial charge in [-0.05, 0) is 48.4 Å². The first-order valence-corrected chi connectivity index (χ1v) is 10.7. The molecule has 1 aliphatic heterocycles. The lowest BCUT2D eigenvalue weighted by atomic mass is 9.79. The minimum Gasteiger partial charge on any atom is -0.386 e. The van der Waals surface area contributed by atoms with E-state index in [0.717, 1.165) is 5.56 Å². The van der Waals surface area contributed by atoms with Crippen LogP contribution in [0.1, 0.15) is 34.1 Å². The molecular weight excluding hydrogens is 451 g/mol. The molecule has 2 heterocycles. The van der Waals surface area contributed by atoms with Gasteiger partial charge in [0.25, 0.3) is 5.91 Å². The SMILES string of the molecule is CC(O)C(=O)CON1C(=O)c2ccccc2[C@@]1(Cc1ccc(Cl)cn1)c1ccc(Cl)cc1. The number of ketones is 1. The number of fused-ring (bicyclic) bond motifs is 1. The van der Waals surface area contributed by atoms with Crippen LogP contribution in [0.25, 0.3) is 0 Å². The van der Waals surface area contributed by atoms with Crippen LogP contribution in [0.15, 0.2) is 66.9 Å². The molecule has 164 valence electrons. The Hall–Kier alpha value is -2.77. The van der Waals surface area contributed by atoms with E-state index in [2.05, 4.69) is 4.98 Å². The van der Waals surface area contributed by atoms with Gasteiger partial charge in [-0.2, -0.15) is 0 Å². The highest BCUT2D eigenvalue weighted by Crippen LogP contribution is 2.46. The van der Waals surface area contributed by atoms with Gasteiger partial charge >= 0.3 is 0 Å². The van der Waals surface area contributed by atoms with Crippen LogP contribution in [0.4, 0.5) is 0 Å². The monoisotopic (exact) mass is 470 g/mol. The number of hydrogen-bond acceptors (Lipinski definition) is 5. The minimum atomic E-state index is -1.21. The Bertz CT molecular complexity index is 1150. The zero-order valence-corrected chi connectivity index (χ0v) is 18.7. The number of benzene rings is 2. The van der Waals surface area contributed by atoms with Crippen molar-refractivity contribution >= 4 is 34.9 Å². The quantitative estimate of drug-likeness (QED) is 0.559. The van der Waals surface area contributed by atoms with Gasteiger partial charge in [0.05, 0.1) is 5.02 Å². The Labute approximate surface area is 195 Å². The number of Topliss-reactive ketones (excluding diaryl/α,β-unsaturated/α-hetero) is 1. The van der Waals surface area contributed by atoms with E-state index in [9.17, 15) is 14.7 Å². The average Bonchev–Trinajstić information content (AvgIpc) is 3.02. The Kier molecular flexibility index (Phi) is 6.31. The fraction of sp³-hybridized carbons (Fsp3) is 0.208. The fourth-order valence-electron chi connectivity index (χ4n) is 3.88. The average molecular weight is 471 g/mol. The first kappa shape index (κ1) is 22.4. The van der Waals surface area contributed by atoms with E-state index in [1.54, 1.807) is 36.4 Å².